The highest BCUT2D eigenvalue weighted by molar-refractivity contribution is 7.91. The minimum Gasteiger partial charge on any atom is -0.480 e. The number of rotatable bonds is 9. The predicted octanol–water partition coefficient (Wildman–Crippen LogP) is 1.78. The molecule has 0 bridgehead atoms. The van der Waals surface area contributed by atoms with E-state index >= 15 is 0 Å². The summed E-state index contributed by atoms with van der Waals surface area (Å²) in [5, 5.41) is 9.33. The molecule has 0 aliphatic carbocycles. The zero-order chi connectivity index (χ0) is 29.8. The molecule has 0 aliphatic heterocycles. The van der Waals surface area contributed by atoms with E-state index in [0.717, 1.165) is 18.6 Å². The van der Waals surface area contributed by atoms with Gasteiger partial charge < -0.3 is 14.7 Å². The van der Waals surface area contributed by atoms with Gasteiger partial charge in [-0.15, -0.1) is 0 Å². The molecule has 3 rings (SSSR count). The Hall–Kier alpha value is -4.37. The van der Waals surface area contributed by atoms with Gasteiger partial charge in [-0.25, -0.2) is 40.7 Å². The van der Waals surface area contributed by atoms with Gasteiger partial charge in [-0.2, -0.15) is 0 Å². The maximum atomic E-state index is 13.8. The van der Waals surface area contributed by atoms with Crippen molar-refractivity contribution in [2.45, 2.75) is 29.3 Å². The van der Waals surface area contributed by atoms with Gasteiger partial charge in [0.1, 0.15) is 11.8 Å². The fourth-order valence-corrected chi connectivity index (χ4v) is 5.72. The molecule has 2 amide bonds. The monoisotopic (exact) mass is 590 g/mol. The zero-order valence-corrected chi connectivity index (χ0v) is 23.5. The summed E-state index contributed by atoms with van der Waals surface area (Å²) in [4.78, 5) is 46.2. The molecule has 0 fully saturated rings. The summed E-state index contributed by atoms with van der Waals surface area (Å²) >= 11 is 0. The van der Waals surface area contributed by atoms with Crippen LogP contribution >= 0.6 is 0 Å². The van der Waals surface area contributed by atoms with Gasteiger partial charge in [-0.3, -0.25) is 4.79 Å². The average Bonchev–Trinajstić information content (AvgIpc) is 2.88. The van der Waals surface area contributed by atoms with Crippen LogP contribution in [0.1, 0.15) is 21.6 Å². The lowest BCUT2D eigenvalue weighted by atomic mass is 10.1. The van der Waals surface area contributed by atoms with Crippen molar-refractivity contribution in [1.82, 2.24) is 19.2 Å². The van der Waals surface area contributed by atoms with Crippen LogP contribution < -0.4 is 4.74 Å². The Bertz CT molecular complexity index is 1640. The molecule has 40 heavy (non-hydrogen) atoms. The molecule has 0 saturated heterocycles. The van der Waals surface area contributed by atoms with Crippen LogP contribution in [0.4, 0.5) is 4.79 Å². The van der Waals surface area contributed by atoms with Crippen LogP contribution in [0.3, 0.4) is 0 Å². The van der Waals surface area contributed by atoms with Gasteiger partial charge in [0.25, 0.3) is 15.9 Å². The van der Waals surface area contributed by atoms with Crippen LogP contribution in [0.2, 0.25) is 0 Å². The lowest BCUT2D eigenvalue weighted by Gasteiger charge is -2.28. The van der Waals surface area contributed by atoms with Crippen molar-refractivity contribution in [1.29, 1.82) is 0 Å². The third-order valence-corrected chi connectivity index (χ3v) is 8.29. The number of carbonyl (C=O) groups is 3. The van der Waals surface area contributed by atoms with Crippen LogP contribution in [0.25, 0.3) is 0 Å². The van der Waals surface area contributed by atoms with Gasteiger partial charge in [0.05, 0.1) is 4.90 Å². The first-order chi connectivity index (χ1) is 18.6. The second kappa shape index (κ2) is 11.8. The molecule has 13 nitrogen and oxygen atoms in total. The van der Waals surface area contributed by atoms with Crippen LogP contribution in [0.5, 0.6) is 5.75 Å². The number of hydrogen-bond donors (Lipinski definition) is 1. The van der Waals surface area contributed by atoms with Crippen LogP contribution in [-0.2, 0) is 31.1 Å². The topological polar surface area (TPSA) is 181 Å². The van der Waals surface area contributed by atoms with E-state index in [4.69, 9.17) is 4.74 Å². The lowest BCUT2D eigenvalue weighted by Crippen LogP contribution is -2.50. The number of carboxylic acids is 1. The predicted molar refractivity (Wildman–Crippen MR) is 141 cm³/mol. The first-order valence-electron chi connectivity index (χ1n) is 11.5. The highest BCUT2D eigenvalue weighted by Crippen LogP contribution is 2.26. The number of carbonyl (C=O) groups excluding carboxylic acids is 2. The van der Waals surface area contributed by atoms with Crippen molar-refractivity contribution in [3.05, 3.63) is 77.7 Å². The van der Waals surface area contributed by atoms with E-state index in [0.29, 0.717) is 5.56 Å². The Balaban J connectivity index is 2.13. The van der Waals surface area contributed by atoms with Gasteiger partial charge in [0, 0.05) is 39.2 Å². The van der Waals surface area contributed by atoms with E-state index in [1.165, 1.54) is 67.5 Å². The van der Waals surface area contributed by atoms with Gasteiger partial charge >= 0.3 is 12.1 Å². The number of sulfone groups is 1. The van der Waals surface area contributed by atoms with Gasteiger partial charge in [-0.05, 0) is 36.8 Å². The Morgan fingerprint density at radius 3 is 2.02 bits per heavy atom. The number of hydrogen-bond acceptors (Lipinski definition) is 10. The summed E-state index contributed by atoms with van der Waals surface area (Å²) in [5.41, 5.74) is 0.129. The normalized spacial score (nSPS) is 12.3. The maximum absolute atomic E-state index is 13.8. The summed E-state index contributed by atoms with van der Waals surface area (Å²) in [7, 11) is -6.05. The van der Waals surface area contributed by atoms with Crippen molar-refractivity contribution in [3.8, 4) is 5.75 Å². The third-order valence-electron chi connectivity index (χ3n) is 5.49. The molecule has 15 heteroatoms. The van der Waals surface area contributed by atoms with E-state index in [9.17, 15) is 36.3 Å². The molecule has 1 heterocycles. The van der Waals surface area contributed by atoms with Crippen LogP contribution in [0, 0.1) is 6.92 Å². The van der Waals surface area contributed by atoms with E-state index in [-0.39, 0.29) is 15.6 Å². The summed E-state index contributed by atoms with van der Waals surface area (Å²) < 4.78 is 57.4. The molecule has 0 unspecified atom stereocenters. The quantitative estimate of drug-likeness (QED) is 0.383. The molecule has 1 aromatic heterocycles. The standard InChI is InChI=1S/C25H26N4O9S2/c1-16-5-11-19(12-6-16)40(36,37)29(23(30)21-22(39(4,34)35)27-14-13-26-21)20(24(31)32)15-17-7-9-18(10-8-17)38-25(33)28(2)3/h5-14,20H,15H2,1-4H3,(H,31,32)/t20-/m0/s1. The summed E-state index contributed by atoms with van der Waals surface area (Å²) in [6.07, 6.45) is 1.59. The molecule has 212 valence electrons. The number of nitrogens with zero attached hydrogens (tertiary/aromatic N) is 4. The van der Waals surface area contributed by atoms with E-state index in [2.05, 4.69) is 9.97 Å². The van der Waals surface area contributed by atoms with E-state index in [1.807, 2.05) is 0 Å². The van der Waals surface area contributed by atoms with Crippen molar-refractivity contribution in [2.24, 2.45) is 0 Å². The minimum atomic E-state index is -4.86. The van der Waals surface area contributed by atoms with Crippen molar-refractivity contribution in [3.63, 3.8) is 0 Å². The Kier molecular flexibility index (Phi) is 8.90. The van der Waals surface area contributed by atoms with Crippen molar-refractivity contribution < 1.29 is 41.1 Å². The van der Waals surface area contributed by atoms with Crippen molar-refractivity contribution >= 4 is 37.8 Å². The third kappa shape index (κ3) is 6.79. The number of aliphatic carboxylic acids is 1. The number of amides is 2. The smallest absolute Gasteiger partial charge is 0.414 e. The SMILES string of the molecule is Cc1ccc(S(=O)(=O)N(C(=O)c2nccnc2S(C)(=O)=O)[C@@H](Cc2ccc(OC(=O)N(C)C)cc2)C(=O)O)cc1. The fraction of sp³-hybridized carbons (Fsp3) is 0.240. The van der Waals surface area contributed by atoms with Gasteiger partial charge in [-0.1, -0.05) is 29.8 Å². The average molecular weight is 591 g/mol. The van der Waals surface area contributed by atoms with Gasteiger partial charge in [0.2, 0.25) is 0 Å². The molecule has 0 spiro atoms. The second-order valence-electron chi connectivity index (χ2n) is 8.87. The number of benzene rings is 2. The highest BCUT2D eigenvalue weighted by atomic mass is 32.2. The minimum absolute atomic E-state index is 0.110. The summed E-state index contributed by atoms with van der Waals surface area (Å²) in [6.45, 7) is 1.71. The fourth-order valence-electron chi connectivity index (χ4n) is 3.47. The molecule has 1 atom stereocenters. The second-order valence-corrected chi connectivity index (χ2v) is 12.6. The zero-order valence-electron chi connectivity index (χ0n) is 21.9. The molecular formula is C25H26N4O9S2. The first-order valence-corrected chi connectivity index (χ1v) is 14.8. The number of sulfonamides is 1. The van der Waals surface area contributed by atoms with Crippen LogP contribution in [-0.4, -0.2) is 85.5 Å². The lowest BCUT2D eigenvalue weighted by molar-refractivity contribution is -0.140. The number of aryl methyl sites for hydroxylation is 1. The van der Waals surface area contributed by atoms with E-state index < -0.39 is 65.9 Å². The maximum Gasteiger partial charge on any atom is 0.414 e. The molecule has 3 aromatic rings. The Labute approximate surface area is 231 Å². The summed E-state index contributed by atoms with van der Waals surface area (Å²) in [6, 6.07) is 8.86. The number of aromatic nitrogens is 2. The summed E-state index contributed by atoms with van der Waals surface area (Å²) in [5.74, 6) is -3.03. The molecule has 0 radical (unpaired) electrons. The molecule has 1 N–H and O–H groups in total. The largest absolute Gasteiger partial charge is 0.480 e. The Morgan fingerprint density at radius 2 is 1.50 bits per heavy atom. The van der Waals surface area contributed by atoms with E-state index in [1.54, 1.807) is 6.92 Å². The molecule has 0 saturated carbocycles. The van der Waals surface area contributed by atoms with Crippen molar-refractivity contribution in [2.75, 3.05) is 20.4 Å². The Morgan fingerprint density at radius 1 is 0.925 bits per heavy atom. The molecule has 0 aliphatic rings. The highest BCUT2D eigenvalue weighted by Gasteiger charge is 2.42. The number of carboxylic acid groups (broad SMARTS) is 1. The molecule has 2 aromatic carbocycles. The molecular weight excluding hydrogens is 564 g/mol. The number of ether oxygens (including phenoxy) is 1. The van der Waals surface area contributed by atoms with Gasteiger partial charge in [0.15, 0.2) is 20.6 Å². The first kappa shape index (κ1) is 30.2. The van der Waals surface area contributed by atoms with Crippen LogP contribution in [0.15, 0.2) is 70.8 Å².